The van der Waals surface area contributed by atoms with Crippen LogP contribution in [-0.2, 0) is 9.84 Å². The highest BCUT2D eigenvalue weighted by molar-refractivity contribution is 7.91. The molecular formula is C13H17Cl2NO2S. The van der Waals surface area contributed by atoms with Gasteiger partial charge in [-0.05, 0) is 36.6 Å². The van der Waals surface area contributed by atoms with Gasteiger partial charge in [-0.2, -0.15) is 0 Å². The van der Waals surface area contributed by atoms with E-state index in [2.05, 4.69) is 5.32 Å². The second-order valence-electron chi connectivity index (χ2n) is 4.86. The van der Waals surface area contributed by atoms with Crippen LogP contribution in [0.2, 0.25) is 10.0 Å². The van der Waals surface area contributed by atoms with Crippen molar-refractivity contribution in [3.63, 3.8) is 0 Å². The van der Waals surface area contributed by atoms with Gasteiger partial charge in [0, 0.05) is 16.1 Å². The molecule has 106 valence electrons. The summed E-state index contributed by atoms with van der Waals surface area (Å²) >= 11 is 12.1. The minimum atomic E-state index is -2.90. The zero-order valence-corrected chi connectivity index (χ0v) is 13.0. The first-order chi connectivity index (χ1) is 8.93. The Kier molecular flexibility index (Phi) is 4.77. The molecule has 1 aromatic rings. The molecule has 1 fully saturated rings. The number of hydrogen-bond donors (Lipinski definition) is 1. The normalized spacial score (nSPS) is 23.4. The van der Waals surface area contributed by atoms with Gasteiger partial charge in [0.2, 0.25) is 0 Å². The lowest BCUT2D eigenvalue weighted by atomic mass is 9.92. The number of sulfone groups is 1. The van der Waals surface area contributed by atoms with Crippen molar-refractivity contribution in [3.05, 3.63) is 33.8 Å². The number of halogens is 2. The summed E-state index contributed by atoms with van der Waals surface area (Å²) in [4.78, 5) is 0. The molecule has 1 N–H and O–H groups in total. The van der Waals surface area contributed by atoms with Crippen LogP contribution in [0.3, 0.4) is 0 Å². The highest BCUT2D eigenvalue weighted by atomic mass is 35.5. The molecule has 0 saturated carbocycles. The summed E-state index contributed by atoms with van der Waals surface area (Å²) in [5.74, 6) is 0.567. The minimum Gasteiger partial charge on any atom is -0.310 e. The molecule has 0 spiro atoms. The Balaban J connectivity index is 2.30. The number of hydrogen-bond acceptors (Lipinski definition) is 3. The minimum absolute atomic E-state index is 0.0351. The van der Waals surface area contributed by atoms with E-state index in [-0.39, 0.29) is 23.5 Å². The topological polar surface area (TPSA) is 46.2 Å². The van der Waals surface area contributed by atoms with Crippen LogP contribution in [0.25, 0.3) is 0 Å². The van der Waals surface area contributed by atoms with Gasteiger partial charge in [-0.25, -0.2) is 8.42 Å². The van der Waals surface area contributed by atoms with Gasteiger partial charge in [0.25, 0.3) is 0 Å². The molecule has 2 rings (SSSR count). The molecule has 1 aliphatic rings. The van der Waals surface area contributed by atoms with Gasteiger partial charge >= 0.3 is 0 Å². The monoisotopic (exact) mass is 321 g/mol. The fourth-order valence-electron chi connectivity index (χ4n) is 2.59. The lowest BCUT2D eigenvalue weighted by Gasteiger charge is -2.25. The number of nitrogens with one attached hydrogen (secondary N) is 1. The highest BCUT2D eigenvalue weighted by Gasteiger charge is 2.34. The van der Waals surface area contributed by atoms with Crippen molar-refractivity contribution < 1.29 is 8.42 Å². The van der Waals surface area contributed by atoms with Crippen molar-refractivity contribution in [1.82, 2.24) is 5.32 Å². The fourth-order valence-corrected chi connectivity index (χ4v) is 4.96. The molecule has 0 aliphatic carbocycles. The van der Waals surface area contributed by atoms with E-state index >= 15 is 0 Å². The molecule has 2 unspecified atom stereocenters. The van der Waals surface area contributed by atoms with Gasteiger partial charge in [-0.3, -0.25) is 0 Å². The van der Waals surface area contributed by atoms with E-state index in [0.29, 0.717) is 16.5 Å². The molecule has 0 radical (unpaired) electrons. The van der Waals surface area contributed by atoms with Crippen LogP contribution < -0.4 is 5.32 Å². The smallest absolute Gasteiger partial charge is 0.150 e. The summed E-state index contributed by atoms with van der Waals surface area (Å²) in [7, 11) is -2.90. The lowest BCUT2D eigenvalue weighted by molar-refractivity contribution is 0.400. The fraction of sp³-hybridized carbons (Fsp3) is 0.538. The van der Waals surface area contributed by atoms with E-state index in [1.54, 1.807) is 12.1 Å². The van der Waals surface area contributed by atoms with E-state index in [4.69, 9.17) is 23.2 Å². The Labute approximate surface area is 124 Å². The predicted octanol–water partition coefficient (Wildman–Crippen LogP) is 3.08. The molecule has 0 aromatic heterocycles. The summed E-state index contributed by atoms with van der Waals surface area (Å²) in [6.45, 7) is 2.76. The maximum atomic E-state index is 11.6. The molecular weight excluding hydrogens is 305 g/mol. The Hall–Kier alpha value is -0.290. The van der Waals surface area contributed by atoms with Crippen molar-refractivity contribution in [2.75, 3.05) is 18.1 Å². The van der Waals surface area contributed by atoms with Crippen molar-refractivity contribution >= 4 is 33.0 Å². The first kappa shape index (κ1) is 15.1. The standard InChI is InChI=1S/C13H17Cl2NO2S/c1-2-16-13(9-5-6-19(17,18)8-9)11-4-3-10(14)7-12(11)15/h3-4,7,9,13,16H,2,5-6,8H2,1H3. The van der Waals surface area contributed by atoms with E-state index in [1.807, 2.05) is 13.0 Å². The van der Waals surface area contributed by atoms with E-state index in [0.717, 1.165) is 12.1 Å². The van der Waals surface area contributed by atoms with Gasteiger partial charge in [0.15, 0.2) is 9.84 Å². The van der Waals surface area contributed by atoms with Crippen LogP contribution in [-0.4, -0.2) is 26.5 Å². The van der Waals surface area contributed by atoms with Gasteiger partial charge < -0.3 is 5.32 Å². The van der Waals surface area contributed by atoms with Crippen LogP contribution in [0.5, 0.6) is 0 Å². The summed E-state index contributed by atoms with van der Waals surface area (Å²) in [6, 6.07) is 5.33. The Morgan fingerprint density at radius 3 is 2.68 bits per heavy atom. The molecule has 0 bridgehead atoms. The van der Waals surface area contributed by atoms with Gasteiger partial charge in [-0.15, -0.1) is 0 Å². The van der Waals surface area contributed by atoms with Gasteiger partial charge in [0.1, 0.15) is 0 Å². The predicted molar refractivity (Wildman–Crippen MR) is 79.6 cm³/mol. The molecule has 2 atom stereocenters. The van der Waals surface area contributed by atoms with Crippen molar-refractivity contribution in [2.45, 2.75) is 19.4 Å². The van der Waals surface area contributed by atoms with E-state index in [1.165, 1.54) is 0 Å². The zero-order valence-electron chi connectivity index (χ0n) is 10.7. The van der Waals surface area contributed by atoms with E-state index in [9.17, 15) is 8.42 Å². The molecule has 3 nitrogen and oxygen atoms in total. The largest absolute Gasteiger partial charge is 0.310 e. The van der Waals surface area contributed by atoms with Crippen LogP contribution in [0.1, 0.15) is 24.9 Å². The quantitative estimate of drug-likeness (QED) is 0.927. The molecule has 1 aliphatic heterocycles. The third-order valence-electron chi connectivity index (χ3n) is 3.46. The average molecular weight is 322 g/mol. The molecule has 0 amide bonds. The van der Waals surface area contributed by atoms with Gasteiger partial charge in [0.05, 0.1) is 11.5 Å². The average Bonchev–Trinajstić information content (AvgIpc) is 2.67. The Morgan fingerprint density at radius 1 is 1.42 bits per heavy atom. The van der Waals surface area contributed by atoms with Crippen LogP contribution in [0.4, 0.5) is 0 Å². The first-order valence-corrected chi connectivity index (χ1v) is 8.89. The maximum Gasteiger partial charge on any atom is 0.150 e. The second kappa shape index (κ2) is 6.00. The number of rotatable bonds is 4. The van der Waals surface area contributed by atoms with Crippen LogP contribution >= 0.6 is 23.2 Å². The van der Waals surface area contributed by atoms with Crippen molar-refractivity contribution in [1.29, 1.82) is 0 Å². The lowest BCUT2D eigenvalue weighted by Crippen LogP contribution is -2.29. The SMILES string of the molecule is CCNC(c1ccc(Cl)cc1Cl)C1CCS(=O)(=O)C1. The summed E-state index contributed by atoms with van der Waals surface area (Å²) < 4.78 is 23.3. The summed E-state index contributed by atoms with van der Waals surface area (Å²) in [5, 5.41) is 4.52. The first-order valence-electron chi connectivity index (χ1n) is 6.31. The third kappa shape index (κ3) is 3.63. The molecule has 19 heavy (non-hydrogen) atoms. The van der Waals surface area contributed by atoms with E-state index < -0.39 is 9.84 Å². The molecule has 1 aromatic carbocycles. The third-order valence-corrected chi connectivity index (χ3v) is 5.82. The number of benzene rings is 1. The second-order valence-corrected chi connectivity index (χ2v) is 7.94. The summed E-state index contributed by atoms with van der Waals surface area (Å²) in [6.07, 6.45) is 0.680. The highest BCUT2D eigenvalue weighted by Crippen LogP contribution is 2.35. The van der Waals surface area contributed by atoms with Gasteiger partial charge in [-0.1, -0.05) is 36.2 Å². The summed E-state index contributed by atoms with van der Waals surface area (Å²) in [5.41, 5.74) is 0.926. The van der Waals surface area contributed by atoms with Crippen LogP contribution in [0.15, 0.2) is 18.2 Å². The van der Waals surface area contributed by atoms with Crippen molar-refractivity contribution in [3.8, 4) is 0 Å². The molecule has 6 heteroatoms. The maximum absolute atomic E-state index is 11.6. The Bertz CT molecular complexity index is 560. The Morgan fingerprint density at radius 2 is 2.16 bits per heavy atom. The molecule has 1 heterocycles. The zero-order chi connectivity index (χ0) is 14.0. The molecule has 1 saturated heterocycles. The van der Waals surface area contributed by atoms with Crippen LogP contribution in [0, 0.1) is 5.92 Å². The van der Waals surface area contributed by atoms with Crippen molar-refractivity contribution in [2.24, 2.45) is 5.92 Å².